The lowest BCUT2D eigenvalue weighted by Crippen LogP contribution is -2.56. The van der Waals surface area contributed by atoms with Crippen molar-refractivity contribution in [2.45, 2.75) is 63.6 Å². The Bertz CT molecular complexity index is 265. The first-order valence-corrected chi connectivity index (χ1v) is 7.97. The van der Waals surface area contributed by atoms with Gasteiger partial charge in [0.1, 0.15) is 0 Å². The van der Waals surface area contributed by atoms with Gasteiger partial charge in [-0.15, -0.1) is 0 Å². The molecule has 104 valence electrons. The standard InChI is InChI=1S/C15H28N2O/c1-2-16-15(12-6-3-4-7-12)14-10-17-9-5-8-13(17)11-18-14/h12-16H,2-11H2,1H3. The molecule has 3 aliphatic rings. The molecule has 0 radical (unpaired) electrons. The zero-order valence-electron chi connectivity index (χ0n) is 11.7. The molecule has 3 heteroatoms. The molecule has 3 unspecified atom stereocenters. The molecule has 1 N–H and O–H groups in total. The monoisotopic (exact) mass is 252 g/mol. The topological polar surface area (TPSA) is 24.5 Å². The van der Waals surface area contributed by atoms with Crippen LogP contribution in [0.1, 0.15) is 45.4 Å². The molecule has 18 heavy (non-hydrogen) atoms. The van der Waals surface area contributed by atoms with E-state index in [0.717, 1.165) is 25.1 Å². The average Bonchev–Trinajstić information content (AvgIpc) is 3.05. The van der Waals surface area contributed by atoms with Crippen LogP contribution in [0.3, 0.4) is 0 Å². The van der Waals surface area contributed by atoms with Crippen LogP contribution in [-0.2, 0) is 4.74 Å². The van der Waals surface area contributed by atoms with E-state index in [1.54, 1.807) is 0 Å². The van der Waals surface area contributed by atoms with E-state index >= 15 is 0 Å². The first-order valence-electron chi connectivity index (χ1n) is 7.97. The molecule has 3 nitrogen and oxygen atoms in total. The highest BCUT2D eigenvalue weighted by Crippen LogP contribution is 2.32. The van der Waals surface area contributed by atoms with Gasteiger partial charge in [0.2, 0.25) is 0 Å². The highest BCUT2D eigenvalue weighted by Gasteiger charge is 2.38. The van der Waals surface area contributed by atoms with Crippen molar-refractivity contribution in [2.24, 2.45) is 5.92 Å². The number of ether oxygens (including phenoxy) is 1. The maximum absolute atomic E-state index is 6.21. The van der Waals surface area contributed by atoms with Crippen LogP contribution in [0.15, 0.2) is 0 Å². The van der Waals surface area contributed by atoms with Crippen LogP contribution < -0.4 is 5.32 Å². The molecule has 3 rings (SSSR count). The minimum Gasteiger partial charge on any atom is -0.374 e. The highest BCUT2D eigenvalue weighted by molar-refractivity contribution is 4.93. The number of rotatable bonds is 4. The predicted molar refractivity (Wildman–Crippen MR) is 73.8 cm³/mol. The summed E-state index contributed by atoms with van der Waals surface area (Å²) in [5.41, 5.74) is 0. The van der Waals surface area contributed by atoms with Crippen LogP contribution in [0.25, 0.3) is 0 Å². The molecule has 2 heterocycles. The Hall–Kier alpha value is -0.120. The summed E-state index contributed by atoms with van der Waals surface area (Å²) in [4.78, 5) is 2.67. The molecule has 0 spiro atoms. The smallest absolute Gasteiger partial charge is 0.0858 e. The molecule has 2 saturated heterocycles. The summed E-state index contributed by atoms with van der Waals surface area (Å²) < 4.78 is 6.21. The summed E-state index contributed by atoms with van der Waals surface area (Å²) in [5.74, 6) is 0.856. The molecule has 0 amide bonds. The molecule has 0 bridgehead atoms. The van der Waals surface area contributed by atoms with Gasteiger partial charge in [0, 0.05) is 18.6 Å². The van der Waals surface area contributed by atoms with Gasteiger partial charge in [-0.25, -0.2) is 0 Å². The van der Waals surface area contributed by atoms with Crippen molar-refractivity contribution < 1.29 is 4.74 Å². The number of hydrogen-bond acceptors (Lipinski definition) is 3. The fraction of sp³-hybridized carbons (Fsp3) is 1.00. The Balaban J connectivity index is 1.62. The molecule has 0 aromatic carbocycles. The van der Waals surface area contributed by atoms with E-state index in [9.17, 15) is 0 Å². The first kappa shape index (κ1) is 12.9. The molecule has 0 aromatic heterocycles. The van der Waals surface area contributed by atoms with Gasteiger partial charge in [-0.3, -0.25) is 4.90 Å². The summed E-state index contributed by atoms with van der Waals surface area (Å²) in [6, 6.07) is 1.33. The van der Waals surface area contributed by atoms with Gasteiger partial charge in [-0.1, -0.05) is 19.8 Å². The zero-order chi connectivity index (χ0) is 12.4. The minimum atomic E-state index is 0.433. The molecular formula is C15H28N2O. The molecule has 2 aliphatic heterocycles. The van der Waals surface area contributed by atoms with E-state index in [4.69, 9.17) is 4.74 Å². The van der Waals surface area contributed by atoms with Gasteiger partial charge in [0.05, 0.1) is 12.7 Å². The van der Waals surface area contributed by atoms with Gasteiger partial charge in [0.15, 0.2) is 0 Å². The number of nitrogens with one attached hydrogen (secondary N) is 1. The largest absolute Gasteiger partial charge is 0.374 e. The van der Waals surface area contributed by atoms with Crippen LogP contribution in [-0.4, -0.2) is 49.3 Å². The fourth-order valence-electron chi connectivity index (χ4n) is 4.21. The van der Waals surface area contributed by atoms with Crippen LogP contribution in [0.2, 0.25) is 0 Å². The Morgan fingerprint density at radius 3 is 2.83 bits per heavy atom. The third-order valence-electron chi connectivity index (χ3n) is 5.16. The van der Waals surface area contributed by atoms with Gasteiger partial charge in [-0.2, -0.15) is 0 Å². The summed E-state index contributed by atoms with van der Waals surface area (Å²) in [6.07, 6.45) is 8.81. The Morgan fingerprint density at radius 2 is 2.06 bits per heavy atom. The number of morpholine rings is 1. The third-order valence-corrected chi connectivity index (χ3v) is 5.16. The van der Waals surface area contributed by atoms with Crippen LogP contribution in [0.4, 0.5) is 0 Å². The summed E-state index contributed by atoms with van der Waals surface area (Å²) in [6.45, 7) is 6.74. The molecule has 1 aliphatic carbocycles. The van der Waals surface area contributed by atoms with Crippen molar-refractivity contribution in [3.8, 4) is 0 Å². The minimum absolute atomic E-state index is 0.433. The van der Waals surface area contributed by atoms with E-state index in [2.05, 4.69) is 17.1 Å². The lowest BCUT2D eigenvalue weighted by Gasteiger charge is -2.41. The molecular weight excluding hydrogens is 224 g/mol. The van der Waals surface area contributed by atoms with Crippen molar-refractivity contribution in [1.29, 1.82) is 0 Å². The Morgan fingerprint density at radius 1 is 1.22 bits per heavy atom. The molecule has 0 aromatic rings. The Labute approximate surface area is 111 Å². The summed E-state index contributed by atoms with van der Waals surface area (Å²) >= 11 is 0. The van der Waals surface area contributed by atoms with Crippen molar-refractivity contribution in [3.05, 3.63) is 0 Å². The number of hydrogen-bond donors (Lipinski definition) is 1. The second kappa shape index (κ2) is 5.89. The van der Waals surface area contributed by atoms with Gasteiger partial charge in [-0.05, 0) is 44.7 Å². The highest BCUT2D eigenvalue weighted by atomic mass is 16.5. The van der Waals surface area contributed by atoms with Crippen molar-refractivity contribution in [3.63, 3.8) is 0 Å². The maximum atomic E-state index is 6.21. The summed E-state index contributed by atoms with van der Waals surface area (Å²) in [7, 11) is 0. The predicted octanol–water partition coefficient (Wildman–Crippen LogP) is 2.02. The molecule has 3 atom stereocenters. The fourth-order valence-corrected chi connectivity index (χ4v) is 4.21. The number of nitrogens with zero attached hydrogens (tertiary/aromatic N) is 1. The van der Waals surface area contributed by atoms with Crippen molar-refractivity contribution in [2.75, 3.05) is 26.2 Å². The summed E-state index contributed by atoms with van der Waals surface area (Å²) in [5, 5.41) is 3.72. The quantitative estimate of drug-likeness (QED) is 0.828. The Kier molecular flexibility index (Phi) is 4.22. The maximum Gasteiger partial charge on any atom is 0.0858 e. The van der Waals surface area contributed by atoms with Crippen molar-refractivity contribution >= 4 is 0 Å². The van der Waals surface area contributed by atoms with Gasteiger partial charge in [0.25, 0.3) is 0 Å². The first-order chi connectivity index (χ1) is 8.88. The number of likely N-dealkylation sites (N-methyl/N-ethyl adjacent to an activating group) is 1. The van der Waals surface area contributed by atoms with Crippen LogP contribution >= 0.6 is 0 Å². The molecule has 1 saturated carbocycles. The second-order valence-electron chi connectivity index (χ2n) is 6.29. The van der Waals surface area contributed by atoms with Crippen LogP contribution in [0.5, 0.6) is 0 Å². The van der Waals surface area contributed by atoms with E-state index in [1.165, 1.54) is 51.6 Å². The lowest BCUT2D eigenvalue weighted by atomic mass is 9.92. The van der Waals surface area contributed by atoms with E-state index in [1.807, 2.05) is 0 Å². The lowest BCUT2D eigenvalue weighted by molar-refractivity contribution is -0.0728. The molecule has 3 fully saturated rings. The SMILES string of the molecule is CCNC(C1CCCC1)C1CN2CCCC2CO1. The van der Waals surface area contributed by atoms with Gasteiger partial charge >= 0.3 is 0 Å². The third kappa shape index (κ3) is 2.59. The van der Waals surface area contributed by atoms with Crippen molar-refractivity contribution in [1.82, 2.24) is 10.2 Å². The van der Waals surface area contributed by atoms with E-state index in [-0.39, 0.29) is 0 Å². The average molecular weight is 252 g/mol. The van der Waals surface area contributed by atoms with E-state index < -0.39 is 0 Å². The number of fused-ring (bicyclic) bond motifs is 1. The normalized spacial score (nSPS) is 35.8. The zero-order valence-corrected chi connectivity index (χ0v) is 11.7. The van der Waals surface area contributed by atoms with E-state index in [0.29, 0.717) is 12.1 Å². The second-order valence-corrected chi connectivity index (χ2v) is 6.29. The van der Waals surface area contributed by atoms with Crippen LogP contribution in [0, 0.1) is 5.92 Å². The van der Waals surface area contributed by atoms with Gasteiger partial charge < -0.3 is 10.1 Å².